The molecule has 0 radical (unpaired) electrons. The van der Waals surface area contributed by atoms with Crippen molar-refractivity contribution in [1.29, 1.82) is 10.5 Å². The smallest absolute Gasteiger partial charge is 0.271 e. The first kappa shape index (κ1) is 15.3. The van der Waals surface area contributed by atoms with Gasteiger partial charge in [-0.1, -0.05) is 30.3 Å². The van der Waals surface area contributed by atoms with Crippen LogP contribution in [-0.2, 0) is 6.54 Å². The number of nitriles is 2. The van der Waals surface area contributed by atoms with Crippen LogP contribution >= 0.6 is 0 Å². The lowest BCUT2D eigenvalue weighted by Gasteiger charge is -2.14. The van der Waals surface area contributed by atoms with Crippen LogP contribution in [0.25, 0.3) is 11.1 Å². The molecule has 0 aliphatic carbocycles. The van der Waals surface area contributed by atoms with E-state index in [1.165, 1.54) is 0 Å². The number of aromatic hydroxyl groups is 1. The average molecular weight is 294 g/mol. The van der Waals surface area contributed by atoms with Gasteiger partial charge in [-0.15, -0.1) is 0 Å². The minimum atomic E-state index is -0.619. The van der Waals surface area contributed by atoms with E-state index in [1.54, 1.807) is 30.3 Å². The van der Waals surface area contributed by atoms with Crippen LogP contribution in [0.4, 0.5) is 0 Å². The van der Waals surface area contributed by atoms with Crippen LogP contribution in [0.3, 0.4) is 0 Å². The number of aromatic nitrogens is 1. The summed E-state index contributed by atoms with van der Waals surface area (Å²) in [6.45, 7) is 0.482. The minimum Gasteiger partial charge on any atom is -0.493 e. The summed E-state index contributed by atoms with van der Waals surface area (Å²) >= 11 is 0. The highest BCUT2D eigenvalue weighted by Crippen LogP contribution is 2.30. The molecule has 0 atom stereocenters. The van der Waals surface area contributed by atoms with Gasteiger partial charge in [0.1, 0.15) is 23.3 Å². The van der Waals surface area contributed by atoms with Gasteiger partial charge in [-0.25, -0.2) is 0 Å². The molecule has 0 fully saturated rings. The molecule has 1 heterocycles. The summed E-state index contributed by atoms with van der Waals surface area (Å²) in [6.07, 6.45) is 0.452. The van der Waals surface area contributed by atoms with Gasteiger partial charge >= 0.3 is 0 Å². The van der Waals surface area contributed by atoms with E-state index in [4.69, 9.17) is 5.73 Å². The van der Waals surface area contributed by atoms with Crippen LogP contribution in [0.15, 0.2) is 35.1 Å². The Morgan fingerprint density at radius 2 is 1.77 bits per heavy atom. The first-order valence-corrected chi connectivity index (χ1v) is 6.71. The van der Waals surface area contributed by atoms with Crippen molar-refractivity contribution in [2.45, 2.75) is 13.0 Å². The molecule has 0 saturated carbocycles. The van der Waals surface area contributed by atoms with Crippen molar-refractivity contribution < 1.29 is 5.11 Å². The van der Waals surface area contributed by atoms with Crippen LogP contribution in [-0.4, -0.2) is 16.2 Å². The third-order valence-corrected chi connectivity index (χ3v) is 3.31. The van der Waals surface area contributed by atoms with Gasteiger partial charge in [0.2, 0.25) is 5.88 Å². The Kier molecular flexibility index (Phi) is 4.57. The van der Waals surface area contributed by atoms with Gasteiger partial charge in [0, 0.05) is 12.1 Å². The van der Waals surface area contributed by atoms with Crippen LogP contribution in [0, 0.1) is 22.7 Å². The van der Waals surface area contributed by atoms with E-state index in [-0.39, 0.29) is 23.2 Å². The zero-order chi connectivity index (χ0) is 16.1. The third-order valence-electron chi connectivity index (χ3n) is 3.31. The van der Waals surface area contributed by atoms with Crippen LogP contribution in [0.2, 0.25) is 0 Å². The fourth-order valence-electron chi connectivity index (χ4n) is 2.27. The lowest BCUT2D eigenvalue weighted by Crippen LogP contribution is -2.25. The highest BCUT2D eigenvalue weighted by atomic mass is 16.3. The summed E-state index contributed by atoms with van der Waals surface area (Å²) in [5.74, 6) is -0.432. The second-order valence-electron chi connectivity index (χ2n) is 4.64. The number of pyridine rings is 1. The molecule has 22 heavy (non-hydrogen) atoms. The van der Waals surface area contributed by atoms with Gasteiger partial charge in [-0.3, -0.25) is 9.36 Å². The maximum atomic E-state index is 12.4. The Morgan fingerprint density at radius 1 is 1.14 bits per heavy atom. The Morgan fingerprint density at radius 3 is 2.32 bits per heavy atom. The number of benzene rings is 1. The summed E-state index contributed by atoms with van der Waals surface area (Å²) in [7, 11) is 0. The molecule has 1 aromatic heterocycles. The van der Waals surface area contributed by atoms with Gasteiger partial charge < -0.3 is 10.8 Å². The molecule has 0 spiro atoms. The zero-order valence-corrected chi connectivity index (χ0v) is 11.8. The molecular weight excluding hydrogens is 280 g/mol. The van der Waals surface area contributed by atoms with E-state index >= 15 is 0 Å². The number of hydrogen-bond acceptors (Lipinski definition) is 5. The maximum Gasteiger partial charge on any atom is 0.271 e. The average Bonchev–Trinajstić information content (AvgIpc) is 2.55. The van der Waals surface area contributed by atoms with Crippen molar-refractivity contribution in [3.8, 4) is 29.1 Å². The summed E-state index contributed by atoms with van der Waals surface area (Å²) in [5, 5.41) is 29.0. The highest BCUT2D eigenvalue weighted by molar-refractivity contribution is 5.77. The van der Waals surface area contributed by atoms with Crippen molar-refractivity contribution in [2.75, 3.05) is 6.54 Å². The van der Waals surface area contributed by atoms with E-state index in [9.17, 15) is 20.4 Å². The van der Waals surface area contributed by atoms with Crippen molar-refractivity contribution in [3.05, 3.63) is 51.8 Å². The maximum absolute atomic E-state index is 12.4. The molecule has 2 aromatic rings. The quantitative estimate of drug-likeness (QED) is 0.882. The second kappa shape index (κ2) is 6.57. The Balaban J connectivity index is 2.84. The number of hydrogen-bond donors (Lipinski definition) is 2. The predicted molar refractivity (Wildman–Crippen MR) is 80.9 cm³/mol. The molecule has 0 aliphatic rings. The van der Waals surface area contributed by atoms with Crippen molar-refractivity contribution in [1.82, 2.24) is 4.57 Å². The second-order valence-corrected chi connectivity index (χ2v) is 4.64. The van der Waals surface area contributed by atoms with Gasteiger partial charge in [-0.2, -0.15) is 10.5 Å². The summed E-state index contributed by atoms with van der Waals surface area (Å²) in [4.78, 5) is 12.4. The lowest BCUT2D eigenvalue weighted by molar-refractivity contribution is 0.401. The van der Waals surface area contributed by atoms with E-state index in [0.29, 0.717) is 18.5 Å². The molecule has 0 bridgehead atoms. The van der Waals surface area contributed by atoms with Gasteiger partial charge in [0.15, 0.2) is 0 Å². The molecule has 0 saturated heterocycles. The minimum absolute atomic E-state index is 0.0839. The van der Waals surface area contributed by atoms with Gasteiger partial charge in [0.05, 0.1) is 0 Å². The first-order valence-electron chi connectivity index (χ1n) is 6.71. The Labute approximate surface area is 127 Å². The molecule has 6 heteroatoms. The molecule has 2 rings (SSSR count). The number of nitrogens with two attached hydrogens (primary N) is 1. The Hall–Kier alpha value is -3.09. The van der Waals surface area contributed by atoms with E-state index < -0.39 is 11.4 Å². The summed E-state index contributed by atoms with van der Waals surface area (Å²) < 4.78 is 1.02. The topological polar surface area (TPSA) is 116 Å². The van der Waals surface area contributed by atoms with E-state index in [2.05, 4.69) is 0 Å². The molecule has 6 nitrogen and oxygen atoms in total. The van der Waals surface area contributed by atoms with Gasteiger partial charge in [0.25, 0.3) is 5.56 Å². The largest absolute Gasteiger partial charge is 0.493 e. The molecule has 3 N–H and O–H groups in total. The van der Waals surface area contributed by atoms with Crippen molar-refractivity contribution in [2.24, 2.45) is 5.73 Å². The SMILES string of the molecule is N#Cc1c(-c2ccccc2)c(C#N)c(=O)n(CCCN)c1O. The molecule has 110 valence electrons. The molecule has 0 amide bonds. The lowest BCUT2D eigenvalue weighted by atomic mass is 9.97. The number of nitrogens with zero attached hydrogens (tertiary/aromatic N) is 3. The molecule has 1 aromatic carbocycles. The summed E-state index contributed by atoms with van der Waals surface area (Å²) in [5.41, 5.74) is 5.25. The van der Waals surface area contributed by atoms with Crippen LogP contribution in [0.5, 0.6) is 5.88 Å². The highest BCUT2D eigenvalue weighted by Gasteiger charge is 2.22. The fraction of sp³-hybridized carbons (Fsp3) is 0.188. The molecular formula is C16H14N4O2. The van der Waals surface area contributed by atoms with Crippen LogP contribution < -0.4 is 11.3 Å². The predicted octanol–water partition coefficient (Wildman–Crippen LogP) is 1.31. The molecule has 0 unspecified atom stereocenters. The normalized spacial score (nSPS) is 9.95. The number of rotatable bonds is 4. The van der Waals surface area contributed by atoms with Gasteiger partial charge in [-0.05, 0) is 18.5 Å². The van der Waals surface area contributed by atoms with Crippen molar-refractivity contribution in [3.63, 3.8) is 0 Å². The van der Waals surface area contributed by atoms with E-state index in [0.717, 1.165) is 4.57 Å². The standard InChI is InChI=1S/C16H14N4O2/c17-7-4-8-20-15(21)12(9-18)14(13(10-19)16(20)22)11-5-2-1-3-6-11/h1-3,5-6,21H,4,7-8,17H2. The summed E-state index contributed by atoms with van der Waals surface area (Å²) in [6, 6.07) is 12.3. The molecule has 0 aliphatic heterocycles. The monoisotopic (exact) mass is 294 g/mol. The van der Waals surface area contributed by atoms with Crippen LogP contribution in [0.1, 0.15) is 17.5 Å². The third kappa shape index (κ3) is 2.56. The fourth-order valence-corrected chi connectivity index (χ4v) is 2.27. The first-order chi connectivity index (χ1) is 10.7. The zero-order valence-electron chi connectivity index (χ0n) is 11.8. The van der Waals surface area contributed by atoms with E-state index in [1.807, 2.05) is 12.1 Å². The van der Waals surface area contributed by atoms with Crippen molar-refractivity contribution >= 4 is 0 Å². The Bertz CT molecular complexity index is 826.